The van der Waals surface area contributed by atoms with Crippen LogP contribution in [0.25, 0.3) is 0 Å². The van der Waals surface area contributed by atoms with Gasteiger partial charge in [-0.25, -0.2) is 8.42 Å². The van der Waals surface area contributed by atoms with Gasteiger partial charge in [-0.2, -0.15) is 4.31 Å². The molecule has 0 N–H and O–H groups in total. The lowest BCUT2D eigenvalue weighted by atomic mass is 9.83. The highest BCUT2D eigenvalue weighted by Crippen LogP contribution is 2.35. The second-order valence-corrected chi connectivity index (χ2v) is 9.27. The van der Waals surface area contributed by atoms with Gasteiger partial charge in [0.05, 0.1) is 12.0 Å². The molecule has 2 aliphatic heterocycles. The standard InChI is InChI=1S/C18H28N2O3S/c1-14(2)7-9-19-12-15-13-20(10-8-18(15)19)24(21,22)17-6-4-5-16(11-17)23-3/h4-6,11,14-15,18H,7-10,12-13H2,1-3H3/t15-,18-/m1/s1. The maximum atomic E-state index is 12.9. The van der Waals surface area contributed by atoms with Crippen LogP contribution >= 0.6 is 0 Å². The monoisotopic (exact) mass is 352 g/mol. The smallest absolute Gasteiger partial charge is 0.243 e. The summed E-state index contributed by atoms with van der Waals surface area (Å²) >= 11 is 0. The van der Waals surface area contributed by atoms with E-state index in [1.165, 1.54) is 6.42 Å². The summed E-state index contributed by atoms with van der Waals surface area (Å²) in [6.07, 6.45) is 2.15. The summed E-state index contributed by atoms with van der Waals surface area (Å²) in [6, 6.07) is 7.33. The summed E-state index contributed by atoms with van der Waals surface area (Å²) in [5, 5.41) is 0. The molecule has 24 heavy (non-hydrogen) atoms. The van der Waals surface area contributed by atoms with Gasteiger partial charge in [0.1, 0.15) is 5.75 Å². The summed E-state index contributed by atoms with van der Waals surface area (Å²) in [7, 11) is -1.87. The highest BCUT2D eigenvalue weighted by molar-refractivity contribution is 7.89. The summed E-state index contributed by atoms with van der Waals surface area (Å²) < 4.78 is 32.6. The second-order valence-electron chi connectivity index (χ2n) is 7.34. The molecule has 0 unspecified atom stereocenters. The van der Waals surface area contributed by atoms with Crippen molar-refractivity contribution < 1.29 is 13.2 Å². The lowest BCUT2D eigenvalue weighted by Crippen LogP contribution is -2.64. The fraction of sp³-hybridized carbons (Fsp3) is 0.667. The first-order chi connectivity index (χ1) is 11.4. The van der Waals surface area contributed by atoms with Crippen LogP contribution in [0.5, 0.6) is 5.75 Å². The maximum absolute atomic E-state index is 12.9. The highest BCUT2D eigenvalue weighted by atomic mass is 32.2. The predicted octanol–water partition coefficient (Wildman–Crippen LogP) is 2.44. The molecule has 3 rings (SSSR count). The van der Waals surface area contributed by atoms with Gasteiger partial charge in [0.25, 0.3) is 0 Å². The van der Waals surface area contributed by atoms with Crippen molar-refractivity contribution in [2.75, 3.05) is 33.3 Å². The fourth-order valence-electron chi connectivity index (χ4n) is 3.76. The molecule has 2 heterocycles. The third-order valence-electron chi connectivity index (χ3n) is 5.27. The molecule has 0 saturated carbocycles. The molecule has 2 fully saturated rings. The van der Waals surface area contributed by atoms with Gasteiger partial charge in [-0.05, 0) is 37.4 Å². The predicted molar refractivity (Wildman–Crippen MR) is 94.7 cm³/mol. The number of hydrogen-bond donors (Lipinski definition) is 0. The average Bonchev–Trinajstić information content (AvgIpc) is 2.55. The summed E-state index contributed by atoms with van der Waals surface area (Å²) in [6.45, 7) is 7.92. The zero-order valence-corrected chi connectivity index (χ0v) is 15.6. The molecule has 0 radical (unpaired) electrons. The van der Waals surface area contributed by atoms with E-state index in [0.717, 1.165) is 25.4 Å². The number of methoxy groups -OCH3 is 1. The van der Waals surface area contributed by atoms with Crippen LogP contribution in [0.2, 0.25) is 0 Å². The zero-order valence-electron chi connectivity index (χ0n) is 14.8. The van der Waals surface area contributed by atoms with Gasteiger partial charge in [0.15, 0.2) is 0 Å². The number of hydrogen-bond acceptors (Lipinski definition) is 4. The first-order valence-electron chi connectivity index (χ1n) is 8.80. The van der Waals surface area contributed by atoms with Gasteiger partial charge in [0.2, 0.25) is 10.0 Å². The number of fused-ring (bicyclic) bond motifs is 1. The molecule has 2 atom stereocenters. The van der Waals surface area contributed by atoms with E-state index < -0.39 is 10.0 Å². The number of benzene rings is 1. The molecular weight excluding hydrogens is 324 g/mol. The summed E-state index contributed by atoms with van der Waals surface area (Å²) in [5.41, 5.74) is 0. The van der Waals surface area contributed by atoms with Crippen molar-refractivity contribution in [1.82, 2.24) is 9.21 Å². The molecular formula is C18H28N2O3S. The molecule has 134 valence electrons. The first-order valence-corrected chi connectivity index (χ1v) is 10.2. The highest BCUT2D eigenvalue weighted by Gasteiger charge is 2.44. The number of ether oxygens (including phenoxy) is 1. The average molecular weight is 353 g/mol. The molecule has 1 aromatic carbocycles. The van der Waals surface area contributed by atoms with Crippen molar-refractivity contribution in [3.63, 3.8) is 0 Å². The van der Waals surface area contributed by atoms with E-state index in [9.17, 15) is 8.42 Å². The van der Waals surface area contributed by atoms with Crippen LogP contribution in [0.4, 0.5) is 0 Å². The lowest BCUT2D eigenvalue weighted by molar-refractivity contribution is -0.0266. The van der Waals surface area contributed by atoms with Crippen LogP contribution in [0.15, 0.2) is 29.2 Å². The van der Waals surface area contributed by atoms with Crippen LogP contribution < -0.4 is 4.74 Å². The van der Waals surface area contributed by atoms with Crippen LogP contribution in [0.1, 0.15) is 26.7 Å². The Morgan fingerprint density at radius 1 is 1.29 bits per heavy atom. The normalized spacial score (nSPS) is 25.3. The second kappa shape index (κ2) is 7.02. The van der Waals surface area contributed by atoms with Crippen molar-refractivity contribution in [2.45, 2.75) is 37.6 Å². The minimum Gasteiger partial charge on any atom is -0.497 e. The number of piperidine rings is 1. The third kappa shape index (κ3) is 3.46. The largest absolute Gasteiger partial charge is 0.497 e. The van der Waals surface area contributed by atoms with Crippen molar-refractivity contribution in [3.05, 3.63) is 24.3 Å². The molecule has 6 heteroatoms. The van der Waals surface area contributed by atoms with Gasteiger partial charge in [-0.1, -0.05) is 19.9 Å². The van der Waals surface area contributed by atoms with E-state index in [1.807, 2.05) is 0 Å². The number of nitrogens with zero attached hydrogens (tertiary/aromatic N) is 2. The molecule has 1 aromatic rings. The Kier molecular flexibility index (Phi) is 5.18. The van der Waals surface area contributed by atoms with Crippen LogP contribution in [-0.2, 0) is 10.0 Å². The van der Waals surface area contributed by atoms with Gasteiger partial charge in [-0.3, -0.25) is 4.90 Å². The van der Waals surface area contributed by atoms with Crippen molar-refractivity contribution in [3.8, 4) is 5.75 Å². The van der Waals surface area contributed by atoms with Gasteiger partial charge in [-0.15, -0.1) is 0 Å². The number of likely N-dealkylation sites (tertiary alicyclic amines) is 1. The third-order valence-corrected chi connectivity index (χ3v) is 7.13. The topological polar surface area (TPSA) is 49.9 Å². The minimum absolute atomic E-state index is 0.330. The molecule has 0 amide bonds. The lowest BCUT2D eigenvalue weighted by Gasteiger charge is -2.53. The van der Waals surface area contributed by atoms with Gasteiger partial charge >= 0.3 is 0 Å². The quantitative estimate of drug-likeness (QED) is 0.789. The van der Waals surface area contributed by atoms with Crippen molar-refractivity contribution in [2.24, 2.45) is 11.8 Å². The molecule has 5 nitrogen and oxygen atoms in total. The first kappa shape index (κ1) is 17.7. The van der Waals surface area contributed by atoms with Gasteiger partial charge in [0, 0.05) is 37.7 Å². The summed E-state index contributed by atoms with van der Waals surface area (Å²) in [5.74, 6) is 1.78. The zero-order chi connectivity index (χ0) is 17.3. The van der Waals surface area contributed by atoms with Crippen molar-refractivity contribution in [1.29, 1.82) is 0 Å². The Hall–Kier alpha value is -1.11. The Morgan fingerprint density at radius 2 is 2.08 bits per heavy atom. The van der Waals surface area contributed by atoms with Crippen LogP contribution in [-0.4, -0.2) is 57.0 Å². The van der Waals surface area contributed by atoms with E-state index in [1.54, 1.807) is 35.7 Å². The SMILES string of the molecule is COc1cccc(S(=O)(=O)N2CC[C@@H]3[C@H](CN3CCC(C)C)C2)c1. The summed E-state index contributed by atoms with van der Waals surface area (Å²) in [4.78, 5) is 2.86. The number of sulfonamides is 1. The molecule has 2 saturated heterocycles. The maximum Gasteiger partial charge on any atom is 0.243 e. The van der Waals surface area contributed by atoms with Gasteiger partial charge < -0.3 is 4.74 Å². The Balaban J connectivity index is 1.64. The number of rotatable bonds is 6. The molecule has 0 bridgehead atoms. The van der Waals surface area contributed by atoms with Crippen LogP contribution in [0, 0.1) is 11.8 Å². The molecule has 0 spiro atoms. The molecule has 0 aliphatic carbocycles. The Morgan fingerprint density at radius 3 is 2.75 bits per heavy atom. The Labute approximate surface area is 145 Å². The van der Waals surface area contributed by atoms with E-state index in [2.05, 4.69) is 18.7 Å². The molecule has 0 aromatic heterocycles. The van der Waals surface area contributed by atoms with Crippen LogP contribution in [0.3, 0.4) is 0 Å². The van der Waals surface area contributed by atoms with E-state index >= 15 is 0 Å². The molecule has 2 aliphatic rings. The fourth-order valence-corrected chi connectivity index (χ4v) is 5.30. The van der Waals surface area contributed by atoms with E-state index in [-0.39, 0.29) is 0 Å². The van der Waals surface area contributed by atoms with Crippen molar-refractivity contribution >= 4 is 10.0 Å². The minimum atomic E-state index is -3.43. The van der Waals surface area contributed by atoms with E-state index in [0.29, 0.717) is 35.7 Å². The van der Waals surface area contributed by atoms with E-state index in [4.69, 9.17) is 4.74 Å². The Bertz CT molecular complexity index is 675.